The Bertz CT molecular complexity index is 1190. The van der Waals surface area contributed by atoms with E-state index in [-0.39, 0.29) is 11.5 Å². The maximum Gasteiger partial charge on any atom is 0.230 e. The second-order valence-electron chi connectivity index (χ2n) is 6.28. The van der Waals surface area contributed by atoms with Gasteiger partial charge in [-0.3, -0.25) is 4.98 Å². The number of nitrogen functional groups attached to an aromatic ring is 1. The van der Waals surface area contributed by atoms with E-state index in [1.165, 1.54) is 4.52 Å². The van der Waals surface area contributed by atoms with Crippen LogP contribution in [0, 0.1) is 11.3 Å². The zero-order valence-corrected chi connectivity index (χ0v) is 15.7. The topological polar surface area (TPSA) is 130 Å². The number of hydrogen-bond acceptors (Lipinski definition) is 9. The fourth-order valence-corrected chi connectivity index (χ4v) is 2.62. The van der Waals surface area contributed by atoms with Crippen LogP contribution in [0.25, 0.3) is 5.65 Å². The minimum Gasteiger partial charge on any atom is -0.457 e. The molecule has 3 heterocycles. The highest BCUT2D eigenvalue weighted by Gasteiger charge is 2.18. The molecule has 3 N–H and O–H groups in total. The maximum absolute atomic E-state index is 9.63. The smallest absolute Gasteiger partial charge is 0.230 e. The summed E-state index contributed by atoms with van der Waals surface area (Å²) in [6.45, 7) is 0. The second kappa shape index (κ2) is 7.32. The molecule has 0 saturated heterocycles. The molecule has 0 aliphatic heterocycles. The van der Waals surface area contributed by atoms with E-state index in [2.05, 4.69) is 31.4 Å². The van der Waals surface area contributed by atoms with Crippen LogP contribution in [0.5, 0.6) is 11.5 Å². The Hall–Kier alpha value is -4.39. The summed E-state index contributed by atoms with van der Waals surface area (Å²) in [4.78, 5) is 14.2. The number of hydrogen-bond donors (Lipinski definition) is 2. The molecule has 0 aliphatic carbocycles. The van der Waals surface area contributed by atoms with Crippen molar-refractivity contribution >= 4 is 29.0 Å². The molecule has 10 heteroatoms. The first-order valence-corrected chi connectivity index (χ1v) is 8.64. The molecule has 144 valence electrons. The fourth-order valence-electron chi connectivity index (χ4n) is 2.62. The largest absolute Gasteiger partial charge is 0.457 e. The molecule has 0 atom stereocenters. The maximum atomic E-state index is 9.63. The molecule has 0 saturated carbocycles. The number of nitriles is 1. The van der Waals surface area contributed by atoms with E-state index in [9.17, 15) is 5.26 Å². The van der Waals surface area contributed by atoms with Gasteiger partial charge >= 0.3 is 0 Å². The molecule has 4 aromatic rings. The summed E-state index contributed by atoms with van der Waals surface area (Å²) in [6, 6.07) is 12.9. The summed E-state index contributed by atoms with van der Waals surface area (Å²) in [6.07, 6.45) is 3.32. The van der Waals surface area contributed by atoms with Gasteiger partial charge in [0.1, 0.15) is 23.1 Å². The van der Waals surface area contributed by atoms with Gasteiger partial charge in [0.05, 0.1) is 0 Å². The van der Waals surface area contributed by atoms with E-state index in [0.717, 1.165) is 5.69 Å². The lowest BCUT2D eigenvalue weighted by molar-refractivity contribution is 0.482. The van der Waals surface area contributed by atoms with Gasteiger partial charge in [0.25, 0.3) is 0 Å². The van der Waals surface area contributed by atoms with Crippen molar-refractivity contribution in [3.8, 4) is 17.6 Å². The molecular weight excluding hydrogens is 370 g/mol. The first-order valence-electron chi connectivity index (χ1n) is 8.64. The van der Waals surface area contributed by atoms with Gasteiger partial charge in [0.2, 0.25) is 11.9 Å². The molecule has 0 bridgehead atoms. The predicted octanol–water partition coefficient (Wildman–Crippen LogP) is 2.58. The average Bonchev–Trinajstić information content (AvgIpc) is 3.08. The molecule has 0 amide bonds. The van der Waals surface area contributed by atoms with E-state index in [0.29, 0.717) is 28.9 Å². The first-order chi connectivity index (χ1) is 14.0. The SMILES string of the molecule is CN(C)c1nc(N)n2nc(Nc3ccc(Oc4ccncc4)cc3)c(C#N)c2n1. The number of ether oxygens (including phenoxy) is 1. The van der Waals surface area contributed by atoms with Gasteiger partial charge in [-0.2, -0.15) is 19.7 Å². The molecule has 0 radical (unpaired) electrons. The zero-order chi connectivity index (χ0) is 20.4. The van der Waals surface area contributed by atoms with Crippen molar-refractivity contribution in [2.24, 2.45) is 0 Å². The third-order valence-electron chi connectivity index (χ3n) is 4.01. The van der Waals surface area contributed by atoms with Gasteiger partial charge in [-0.15, -0.1) is 5.10 Å². The Morgan fingerprint density at radius 3 is 2.41 bits per heavy atom. The lowest BCUT2D eigenvalue weighted by Crippen LogP contribution is -2.16. The van der Waals surface area contributed by atoms with E-state index in [1.54, 1.807) is 43.5 Å². The van der Waals surface area contributed by atoms with Crippen LogP contribution in [0.2, 0.25) is 0 Å². The molecule has 10 nitrogen and oxygen atoms in total. The van der Waals surface area contributed by atoms with Crippen LogP contribution < -0.4 is 20.7 Å². The van der Waals surface area contributed by atoms with Crippen LogP contribution in [-0.4, -0.2) is 38.7 Å². The van der Waals surface area contributed by atoms with Crippen molar-refractivity contribution < 1.29 is 4.74 Å². The first kappa shape index (κ1) is 18.0. The second-order valence-corrected chi connectivity index (χ2v) is 6.28. The van der Waals surface area contributed by atoms with Crippen LogP contribution in [0.4, 0.5) is 23.4 Å². The summed E-state index contributed by atoms with van der Waals surface area (Å²) in [5.74, 6) is 2.24. The van der Waals surface area contributed by atoms with E-state index >= 15 is 0 Å². The van der Waals surface area contributed by atoms with Gasteiger partial charge in [0.15, 0.2) is 11.5 Å². The molecule has 0 unspecified atom stereocenters. The lowest BCUT2D eigenvalue weighted by atomic mass is 10.2. The number of nitrogens with zero attached hydrogens (tertiary/aromatic N) is 7. The van der Waals surface area contributed by atoms with Gasteiger partial charge in [-0.25, -0.2) is 0 Å². The number of rotatable bonds is 5. The highest BCUT2D eigenvalue weighted by molar-refractivity contribution is 5.73. The van der Waals surface area contributed by atoms with Crippen LogP contribution in [0.3, 0.4) is 0 Å². The third-order valence-corrected chi connectivity index (χ3v) is 4.01. The Morgan fingerprint density at radius 1 is 1.07 bits per heavy atom. The summed E-state index contributed by atoms with van der Waals surface area (Å²) in [7, 11) is 3.59. The zero-order valence-electron chi connectivity index (χ0n) is 15.7. The quantitative estimate of drug-likeness (QED) is 0.530. The summed E-state index contributed by atoms with van der Waals surface area (Å²) in [5, 5.41) is 17.1. The van der Waals surface area contributed by atoms with Crippen LogP contribution in [0.1, 0.15) is 5.56 Å². The van der Waals surface area contributed by atoms with Gasteiger partial charge in [-0.1, -0.05) is 0 Å². The third kappa shape index (κ3) is 3.57. The molecule has 29 heavy (non-hydrogen) atoms. The minimum absolute atomic E-state index is 0.143. The molecule has 4 rings (SSSR count). The van der Waals surface area contributed by atoms with E-state index in [4.69, 9.17) is 10.5 Å². The number of fused-ring (bicyclic) bond motifs is 1. The lowest BCUT2D eigenvalue weighted by Gasteiger charge is -2.10. The summed E-state index contributed by atoms with van der Waals surface area (Å²) >= 11 is 0. The molecule has 0 spiro atoms. The highest BCUT2D eigenvalue weighted by atomic mass is 16.5. The Balaban J connectivity index is 1.62. The van der Waals surface area contributed by atoms with Crippen LogP contribution >= 0.6 is 0 Å². The van der Waals surface area contributed by atoms with Crippen LogP contribution in [-0.2, 0) is 0 Å². The Labute approximate surface area is 166 Å². The summed E-state index contributed by atoms with van der Waals surface area (Å²) in [5.41, 5.74) is 7.32. The Morgan fingerprint density at radius 2 is 1.76 bits per heavy atom. The van der Waals surface area contributed by atoms with Crippen molar-refractivity contribution in [1.29, 1.82) is 5.26 Å². The van der Waals surface area contributed by atoms with Crippen molar-refractivity contribution in [3.63, 3.8) is 0 Å². The minimum atomic E-state index is 0.143. The number of anilines is 4. The molecule has 1 aromatic carbocycles. The van der Waals surface area contributed by atoms with Crippen molar-refractivity contribution in [2.45, 2.75) is 0 Å². The van der Waals surface area contributed by atoms with Crippen molar-refractivity contribution in [2.75, 3.05) is 30.0 Å². The molecule has 3 aromatic heterocycles. The normalized spacial score (nSPS) is 10.5. The van der Waals surface area contributed by atoms with Gasteiger partial charge in [-0.05, 0) is 36.4 Å². The number of aromatic nitrogens is 5. The molecule has 0 aliphatic rings. The van der Waals surface area contributed by atoms with E-state index in [1.807, 2.05) is 24.3 Å². The number of nitrogens with two attached hydrogens (primary N) is 1. The number of pyridine rings is 1. The highest BCUT2D eigenvalue weighted by Crippen LogP contribution is 2.27. The number of nitrogens with one attached hydrogen (secondary N) is 1. The van der Waals surface area contributed by atoms with Crippen LogP contribution in [0.15, 0.2) is 48.8 Å². The Kier molecular flexibility index (Phi) is 4.54. The predicted molar refractivity (Wildman–Crippen MR) is 108 cm³/mol. The number of benzene rings is 1. The standard InChI is InChI=1S/C19H17N9O/c1-27(2)19-24-17-15(11-20)16(26-28(17)18(21)25-19)23-12-3-5-13(6-4-12)29-14-7-9-22-10-8-14/h3-10H,1-2H3,(H,23,26)(H2,21,24,25). The van der Waals surface area contributed by atoms with E-state index < -0.39 is 0 Å². The van der Waals surface area contributed by atoms with Gasteiger partial charge in [0, 0.05) is 32.2 Å². The summed E-state index contributed by atoms with van der Waals surface area (Å²) < 4.78 is 7.09. The fraction of sp³-hybridized carbons (Fsp3) is 0.105. The van der Waals surface area contributed by atoms with Crippen molar-refractivity contribution in [1.82, 2.24) is 24.6 Å². The molecular formula is C19H17N9O. The monoisotopic (exact) mass is 387 g/mol. The molecule has 0 fully saturated rings. The average molecular weight is 387 g/mol. The van der Waals surface area contributed by atoms with Crippen molar-refractivity contribution in [3.05, 3.63) is 54.4 Å². The van der Waals surface area contributed by atoms with Gasteiger partial charge < -0.3 is 20.7 Å².